The first-order chi connectivity index (χ1) is 8.16. The molecule has 1 aliphatic carbocycles. The van der Waals surface area contributed by atoms with Gasteiger partial charge in [0.25, 0.3) is 0 Å². The average Bonchev–Trinajstić information content (AvgIpc) is 2.78. The Morgan fingerprint density at radius 3 is 2.76 bits per heavy atom. The zero-order valence-electron chi connectivity index (χ0n) is 9.88. The maximum atomic E-state index is 13.7. The van der Waals surface area contributed by atoms with E-state index in [-0.39, 0.29) is 18.0 Å². The van der Waals surface area contributed by atoms with Crippen LogP contribution in [0.1, 0.15) is 44.2 Å². The van der Waals surface area contributed by atoms with Crippen molar-refractivity contribution in [3.05, 3.63) is 34.1 Å². The van der Waals surface area contributed by atoms with Crippen LogP contribution in [0, 0.1) is 5.82 Å². The van der Waals surface area contributed by atoms with Gasteiger partial charge in [0.05, 0.1) is 12.1 Å². The topological polar surface area (TPSA) is 21.3 Å². The molecule has 0 aromatic heterocycles. The molecule has 1 aliphatic rings. The highest BCUT2D eigenvalue weighted by atomic mass is 79.9. The van der Waals surface area contributed by atoms with Crippen LogP contribution in [0.15, 0.2) is 22.7 Å². The van der Waals surface area contributed by atoms with Crippen LogP contribution < -0.4 is 5.48 Å². The van der Waals surface area contributed by atoms with Crippen LogP contribution in [-0.4, -0.2) is 6.10 Å². The molecular weight excluding hydrogens is 285 g/mol. The van der Waals surface area contributed by atoms with Crippen LogP contribution in [0.25, 0.3) is 0 Å². The van der Waals surface area contributed by atoms with Crippen LogP contribution in [-0.2, 0) is 4.84 Å². The number of halogens is 2. The second-order valence-corrected chi connectivity index (χ2v) is 5.45. The van der Waals surface area contributed by atoms with Gasteiger partial charge in [0.1, 0.15) is 5.82 Å². The van der Waals surface area contributed by atoms with E-state index >= 15 is 0 Å². The Bertz CT molecular complexity index is 380. The van der Waals surface area contributed by atoms with Crippen LogP contribution in [0.5, 0.6) is 0 Å². The summed E-state index contributed by atoms with van der Waals surface area (Å²) in [5, 5.41) is 0. The molecule has 1 aromatic carbocycles. The zero-order chi connectivity index (χ0) is 12.3. The molecule has 1 N–H and O–H groups in total. The van der Waals surface area contributed by atoms with Crippen LogP contribution in [0.2, 0.25) is 0 Å². The Morgan fingerprint density at radius 2 is 2.12 bits per heavy atom. The van der Waals surface area contributed by atoms with Crippen LogP contribution in [0.4, 0.5) is 4.39 Å². The van der Waals surface area contributed by atoms with Gasteiger partial charge in [-0.2, -0.15) is 5.48 Å². The predicted octanol–water partition coefficient (Wildman–Crippen LogP) is 4.11. The Kier molecular flexibility index (Phi) is 4.54. The lowest BCUT2D eigenvalue weighted by Gasteiger charge is -2.18. The fraction of sp³-hybridized carbons (Fsp3) is 0.538. The number of hydrogen-bond donors (Lipinski definition) is 1. The van der Waals surface area contributed by atoms with Crippen molar-refractivity contribution in [1.29, 1.82) is 0 Å². The van der Waals surface area contributed by atoms with Crippen molar-refractivity contribution in [2.75, 3.05) is 0 Å². The van der Waals surface area contributed by atoms with Gasteiger partial charge < -0.3 is 0 Å². The minimum Gasteiger partial charge on any atom is -0.298 e. The van der Waals surface area contributed by atoms with E-state index < -0.39 is 0 Å². The summed E-state index contributed by atoms with van der Waals surface area (Å²) in [6.07, 6.45) is 4.95. The number of rotatable bonds is 4. The first-order valence-electron chi connectivity index (χ1n) is 6.03. The standard InChI is InChI=1S/C13H17BrFNO/c1-9(16-17-11-4-2-3-5-11)12-7-6-10(14)8-13(12)15/h6-9,11,16H,2-5H2,1H3. The van der Waals surface area contributed by atoms with Gasteiger partial charge in [-0.05, 0) is 31.9 Å². The van der Waals surface area contributed by atoms with Gasteiger partial charge in [-0.3, -0.25) is 4.84 Å². The molecule has 2 rings (SSSR count). The summed E-state index contributed by atoms with van der Waals surface area (Å²) in [5.41, 5.74) is 3.58. The third-order valence-corrected chi connectivity index (χ3v) is 3.64. The molecule has 0 radical (unpaired) electrons. The highest BCUT2D eigenvalue weighted by Gasteiger charge is 2.18. The maximum absolute atomic E-state index is 13.7. The van der Waals surface area contributed by atoms with Crippen molar-refractivity contribution in [2.24, 2.45) is 0 Å². The number of hydroxylamine groups is 1. The monoisotopic (exact) mass is 301 g/mol. The molecule has 4 heteroatoms. The molecule has 0 bridgehead atoms. The smallest absolute Gasteiger partial charge is 0.129 e. The van der Waals surface area contributed by atoms with Gasteiger partial charge in [0, 0.05) is 10.0 Å². The van der Waals surface area contributed by atoms with E-state index in [0.717, 1.165) is 17.3 Å². The van der Waals surface area contributed by atoms with E-state index in [1.807, 2.05) is 13.0 Å². The van der Waals surface area contributed by atoms with Gasteiger partial charge >= 0.3 is 0 Å². The van der Waals surface area contributed by atoms with Crippen molar-refractivity contribution < 1.29 is 9.23 Å². The molecule has 0 spiro atoms. The van der Waals surface area contributed by atoms with Crippen LogP contribution >= 0.6 is 15.9 Å². The van der Waals surface area contributed by atoms with Crippen molar-refractivity contribution in [3.8, 4) is 0 Å². The normalized spacial score (nSPS) is 18.5. The van der Waals surface area contributed by atoms with Crippen molar-refractivity contribution in [1.82, 2.24) is 5.48 Å². The quantitative estimate of drug-likeness (QED) is 0.845. The van der Waals surface area contributed by atoms with Gasteiger partial charge in [-0.1, -0.05) is 34.8 Å². The minimum atomic E-state index is -0.214. The van der Waals surface area contributed by atoms with E-state index in [4.69, 9.17) is 4.84 Å². The minimum absolute atomic E-state index is 0.135. The van der Waals surface area contributed by atoms with E-state index in [1.54, 1.807) is 6.07 Å². The predicted molar refractivity (Wildman–Crippen MR) is 69.0 cm³/mol. The SMILES string of the molecule is CC(NOC1CCCC1)c1ccc(Br)cc1F. The second-order valence-electron chi connectivity index (χ2n) is 4.53. The first kappa shape index (κ1) is 13.0. The van der Waals surface area contributed by atoms with Gasteiger partial charge in [0.15, 0.2) is 0 Å². The fourth-order valence-electron chi connectivity index (χ4n) is 2.12. The molecule has 17 heavy (non-hydrogen) atoms. The van der Waals surface area contributed by atoms with Crippen molar-refractivity contribution >= 4 is 15.9 Å². The molecule has 1 fully saturated rings. The number of nitrogens with one attached hydrogen (secondary N) is 1. The molecule has 0 aliphatic heterocycles. The highest BCUT2D eigenvalue weighted by Crippen LogP contribution is 2.23. The summed E-state index contributed by atoms with van der Waals surface area (Å²) >= 11 is 3.25. The molecule has 1 saturated carbocycles. The van der Waals surface area contributed by atoms with E-state index in [9.17, 15) is 4.39 Å². The summed E-state index contributed by atoms with van der Waals surface area (Å²) in [6, 6.07) is 4.95. The molecule has 0 saturated heterocycles. The van der Waals surface area contributed by atoms with Gasteiger partial charge in [-0.25, -0.2) is 4.39 Å². The summed E-state index contributed by atoms with van der Waals surface area (Å²) in [7, 11) is 0. The van der Waals surface area contributed by atoms with E-state index in [0.29, 0.717) is 5.56 Å². The number of hydrogen-bond acceptors (Lipinski definition) is 2. The number of benzene rings is 1. The lowest BCUT2D eigenvalue weighted by molar-refractivity contribution is -0.0381. The molecule has 1 aromatic rings. The third-order valence-electron chi connectivity index (χ3n) is 3.14. The molecule has 0 amide bonds. The highest BCUT2D eigenvalue weighted by molar-refractivity contribution is 9.10. The fourth-order valence-corrected chi connectivity index (χ4v) is 2.45. The molecule has 0 heterocycles. The largest absolute Gasteiger partial charge is 0.298 e. The average molecular weight is 302 g/mol. The van der Waals surface area contributed by atoms with E-state index in [1.165, 1.54) is 18.9 Å². The lowest BCUT2D eigenvalue weighted by Crippen LogP contribution is -2.25. The molecule has 1 atom stereocenters. The second kappa shape index (κ2) is 5.94. The van der Waals surface area contributed by atoms with Crippen molar-refractivity contribution in [2.45, 2.75) is 44.8 Å². The Labute approximate surface area is 110 Å². The van der Waals surface area contributed by atoms with Crippen LogP contribution in [0.3, 0.4) is 0 Å². The molecular formula is C13H17BrFNO. The third kappa shape index (κ3) is 3.50. The van der Waals surface area contributed by atoms with Gasteiger partial charge in [-0.15, -0.1) is 0 Å². The van der Waals surface area contributed by atoms with E-state index in [2.05, 4.69) is 21.4 Å². The molecule has 2 nitrogen and oxygen atoms in total. The Morgan fingerprint density at radius 1 is 1.41 bits per heavy atom. The first-order valence-corrected chi connectivity index (χ1v) is 6.82. The Balaban J connectivity index is 1.91. The summed E-state index contributed by atoms with van der Waals surface area (Å²) in [5.74, 6) is -0.214. The molecule has 1 unspecified atom stereocenters. The summed E-state index contributed by atoms with van der Waals surface area (Å²) in [4.78, 5) is 5.58. The summed E-state index contributed by atoms with van der Waals surface area (Å²) < 4.78 is 14.4. The lowest BCUT2D eigenvalue weighted by atomic mass is 10.1. The summed E-state index contributed by atoms with van der Waals surface area (Å²) in [6.45, 7) is 1.90. The van der Waals surface area contributed by atoms with Gasteiger partial charge in [0.2, 0.25) is 0 Å². The maximum Gasteiger partial charge on any atom is 0.129 e. The molecule has 94 valence electrons. The Hall–Kier alpha value is -0.450. The van der Waals surface area contributed by atoms with Crippen molar-refractivity contribution in [3.63, 3.8) is 0 Å². The zero-order valence-corrected chi connectivity index (χ0v) is 11.5.